The number of aryl methyl sites for hydroxylation is 2. The van der Waals surface area contributed by atoms with Crippen LogP contribution < -0.4 is 0 Å². The molecular weight excluding hydrogens is 300 g/mol. The zero-order valence-electron chi connectivity index (χ0n) is 11.6. The van der Waals surface area contributed by atoms with Gasteiger partial charge in [-0.05, 0) is 11.8 Å². The van der Waals surface area contributed by atoms with E-state index in [9.17, 15) is 14.9 Å². The van der Waals surface area contributed by atoms with E-state index in [4.69, 9.17) is 11.6 Å². The summed E-state index contributed by atoms with van der Waals surface area (Å²) in [6.07, 6.45) is 1.80. The fraction of sp³-hybridized carbons (Fsp3) is 0.364. The van der Waals surface area contributed by atoms with Gasteiger partial charge in [0.25, 0.3) is 5.91 Å². The van der Waals surface area contributed by atoms with Gasteiger partial charge in [-0.2, -0.15) is 5.10 Å². The summed E-state index contributed by atoms with van der Waals surface area (Å²) in [5.74, 6) is -1.00. The molecule has 1 N–H and O–H groups in total. The lowest BCUT2D eigenvalue weighted by atomic mass is 10.2. The van der Waals surface area contributed by atoms with Crippen molar-refractivity contribution in [3.8, 4) is 0 Å². The highest BCUT2D eigenvalue weighted by Crippen LogP contribution is 2.25. The Morgan fingerprint density at radius 2 is 2.29 bits per heavy atom. The van der Waals surface area contributed by atoms with E-state index in [1.807, 2.05) is 6.92 Å². The molecule has 0 aromatic carbocycles. The zero-order chi connectivity index (χ0) is 15.7. The molecule has 2 aromatic rings. The van der Waals surface area contributed by atoms with Crippen LogP contribution in [-0.2, 0) is 13.6 Å². The number of nitrogens with one attached hydrogen (secondary N) is 1. The van der Waals surface area contributed by atoms with Crippen molar-refractivity contribution in [1.82, 2.24) is 24.9 Å². The number of H-pyrrole nitrogens is 1. The van der Waals surface area contributed by atoms with Crippen molar-refractivity contribution in [2.45, 2.75) is 13.5 Å². The first-order valence-electron chi connectivity index (χ1n) is 5.94. The SMILES string of the molecule is Cc1nn(C)cc1CN(C)C(=O)c1n[nH]c([N+](=O)[O-])c1Cl. The molecule has 0 aliphatic carbocycles. The van der Waals surface area contributed by atoms with E-state index in [2.05, 4.69) is 15.3 Å². The molecule has 112 valence electrons. The topological polar surface area (TPSA) is 110 Å². The van der Waals surface area contributed by atoms with Crippen molar-refractivity contribution in [3.63, 3.8) is 0 Å². The van der Waals surface area contributed by atoms with Gasteiger partial charge in [0.05, 0.1) is 5.69 Å². The summed E-state index contributed by atoms with van der Waals surface area (Å²) < 4.78 is 1.65. The molecule has 0 spiro atoms. The highest BCUT2D eigenvalue weighted by molar-refractivity contribution is 6.35. The maximum atomic E-state index is 12.2. The largest absolute Gasteiger partial charge is 0.362 e. The molecule has 2 heterocycles. The van der Waals surface area contributed by atoms with Crippen molar-refractivity contribution in [1.29, 1.82) is 0 Å². The lowest BCUT2D eigenvalue weighted by molar-refractivity contribution is -0.389. The van der Waals surface area contributed by atoms with Crippen LogP contribution in [0.15, 0.2) is 6.20 Å². The summed E-state index contributed by atoms with van der Waals surface area (Å²) in [4.78, 5) is 23.6. The molecule has 0 saturated carbocycles. The lowest BCUT2D eigenvalue weighted by Gasteiger charge is -2.14. The van der Waals surface area contributed by atoms with Crippen molar-refractivity contribution >= 4 is 23.3 Å². The molecule has 0 atom stereocenters. The summed E-state index contributed by atoms with van der Waals surface area (Å²) in [5.41, 5.74) is 1.50. The van der Waals surface area contributed by atoms with E-state index in [0.29, 0.717) is 6.54 Å². The Balaban J connectivity index is 2.20. The minimum atomic E-state index is -0.725. The zero-order valence-corrected chi connectivity index (χ0v) is 12.4. The molecule has 0 unspecified atom stereocenters. The average molecular weight is 313 g/mol. The second-order valence-electron chi connectivity index (χ2n) is 4.57. The molecule has 21 heavy (non-hydrogen) atoms. The van der Waals surface area contributed by atoms with E-state index in [0.717, 1.165) is 11.3 Å². The van der Waals surface area contributed by atoms with Crippen molar-refractivity contribution < 1.29 is 9.72 Å². The molecule has 2 rings (SSSR count). The van der Waals surface area contributed by atoms with E-state index in [-0.39, 0.29) is 10.7 Å². The third-order valence-electron chi connectivity index (χ3n) is 2.94. The van der Waals surface area contributed by atoms with Crippen LogP contribution in [0, 0.1) is 17.0 Å². The normalized spacial score (nSPS) is 10.7. The number of amides is 1. The number of nitrogens with zero attached hydrogens (tertiary/aromatic N) is 5. The van der Waals surface area contributed by atoms with Gasteiger partial charge >= 0.3 is 5.82 Å². The number of halogens is 1. The Labute approximate surface area is 124 Å². The molecule has 0 fully saturated rings. The number of hydrogen-bond donors (Lipinski definition) is 1. The third-order valence-corrected chi connectivity index (χ3v) is 3.30. The molecule has 0 radical (unpaired) electrons. The monoisotopic (exact) mass is 312 g/mol. The van der Waals surface area contributed by atoms with Crippen LogP contribution >= 0.6 is 11.6 Å². The molecule has 9 nitrogen and oxygen atoms in total. The number of hydrogen-bond acceptors (Lipinski definition) is 5. The first-order valence-corrected chi connectivity index (χ1v) is 6.32. The summed E-state index contributed by atoms with van der Waals surface area (Å²) >= 11 is 5.80. The maximum Gasteiger partial charge on any atom is 0.362 e. The van der Waals surface area contributed by atoms with Gasteiger partial charge in [0.2, 0.25) is 0 Å². The summed E-state index contributed by atoms with van der Waals surface area (Å²) in [6, 6.07) is 0. The van der Waals surface area contributed by atoms with Crippen LogP contribution in [0.4, 0.5) is 5.82 Å². The first kappa shape index (κ1) is 15.0. The van der Waals surface area contributed by atoms with Gasteiger partial charge in [0, 0.05) is 32.4 Å². The predicted octanol–water partition coefficient (Wildman–Crippen LogP) is 1.29. The Kier molecular flexibility index (Phi) is 3.94. The average Bonchev–Trinajstić information content (AvgIpc) is 2.92. The number of rotatable bonds is 4. The molecule has 1 amide bonds. The molecule has 0 bridgehead atoms. The Morgan fingerprint density at radius 1 is 1.62 bits per heavy atom. The van der Waals surface area contributed by atoms with Crippen LogP contribution in [0.25, 0.3) is 0 Å². The Hall–Kier alpha value is -2.42. The summed E-state index contributed by atoms with van der Waals surface area (Å²) in [7, 11) is 3.35. The van der Waals surface area contributed by atoms with E-state index in [1.165, 1.54) is 4.90 Å². The van der Waals surface area contributed by atoms with Crippen molar-refractivity contribution in [2.75, 3.05) is 7.05 Å². The van der Waals surface area contributed by atoms with Crippen LogP contribution in [0.2, 0.25) is 5.02 Å². The predicted molar refractivity (Wildman–Crippen MR) is 74.0 cm³/mol. The third kappa shape index (κ3) is 2.87. The Morgan fingerprint density at radius 3 is 2.76 bits per heavy atom. The fourth-order valence-corrected chi connectivity index (χ4v) is 2.13. The molecule has 2 aromatic heterocycles. The van der Waals surface area contributed by atoms with Gasteiger partial charge in [-0.1, -0.05) is 16.7 Å². The number of carbonyl (C=O) groups is 1. The van der Waals surface area contributed by atoms with Crippen LogP contribution in [0.5, 0.6) is 0 Å². The number of nitro groups is 1. The van der Waals surface area contributed by atoms with Gasteiger partial charge in [-0.15, -0.1) is 5.10 Å². The van der Waals surface area contributed by atoms with Gasteiger partial charge < -0.3 is 15.0 Å². The highest BCUT2D eigenvalue weighted by atomic mass is 35.5. The van der Waals surface area contributed by atoms with E-state index < -0.39 is 16.6 Å². The van der Waals surface area contributed by atoms with Gasteiger partial charge in [-0.25, -0.2) is 0 Å². The molecule has 0 aliphatic heterocycles. The van der Waals surface area contributed by atoms with Gasteiger partial charge in [0.1, 0.15) is 0 Å². The standard InChI is InChI=1S/C11H13ClN6O3/c1-6-7(5-17(3)15-6)4-16(2)11(19)9-8(12)10(14-13-9)18(20)21/h5H,4H2,1-3H3,(H,13,14). The van der Waals surface area contributed by atoms with Crippen molar-refractivity contribution in [2.24, 2.45) is 7.05 Å². The fourth-order valence-electron chi connectivity index (χ4n) is 1.89. The molecule has 0 saturated heterocycles. The lowest BCUT2D eigenvalue weighted by Crippen LogP contribution is -2.27. The van der Waals surface area contributed by atoms with Crippen molar-refractivity contribution in [3.05, 3.63) is 38.3 Å². The van der Waals surface area contributed by atoms with Gasteiger partial charge in [0.15, 0.2) is 10.7 Å². The van der Waals surface area contributed by atoms with Crippen LogP contribution in [-0.4, -0.2) is 42.8 Å². The summed E-state index contributed by atoms with van der Waals surface area (Å²) in [5, 5.41) is 20.3. The highest BCUT2D eigenvalue weighted by Gasteiger charge is 2.27. The van der Waals surface area contributed by atoms with E-state index in [1.54, 1.807) is 25.0 Å². The van der Waals surface area contributed by atoms with Gasteiger partial charge in [-0.3, -0.25) is 9.48 Å². The molecule has 0 aliphatic rings. The Bertz CT molecular complexity index is 707. The minimum Gasteiger partial charge on any atom is -0.358 e. The number of carbonyl (C=O) groups excluding carboxylic acids is 1. The first-order chi connectivity index (χ1) is 9.81. The smallest absolute Gasteiger partial charge is 0.358 e. The second kappa shape index (κ2) is 5.52. The molecule has 10 heteroatoms. The number of aromatic nitrogens is 4. The summed E-state index contributed by atoms with van der Waals surface area (Å²) in [6.45, 7) is 2.13. The van der Waals surface area contributed by atoms with E-state index >= 15 is 0 Å². The quantitative estimate of drug-likeness (QED) is 0.675. The van der Waals surface area contributed by atoms with Crippen LogP contribution in [0.3, 0.4) is 0 Å². The maximum absolute atomic E-state index is 12.2. The minimum absolute atomic E-state index is 0.174. The number of aromatic amines is 1. The van der Waals surface area contributed by atoms with Crippen LogP contribution in [0.1, 0.15) is 21.7 Å². The second-order valence-corrected chi connectivity index (χ2v) is 4.94. The molecular formula is C11H13ClN6O3.